The monoisotopic (exact) mass is 325 g/mol. The molecule has 112 valence electrons. The fourth-order valence-corrected chi connectivity index (χ4v) is 4.59. The fourth-order valence-electron chi connectivity index (χ4n) is 1.85. The van der Waals surface area contributed by atoms with Crippen LogP contribution in [0.3, 0.4) is 0 Å². The highest BCUT2D eigenvalue weighted by molar-refractivity contribution is 7.91. The number of nitrogens with zero attached hydrogens (tertiary/aromatic N) is 1. The molecular weight excluding hydrogens is 310 g/mol. The van der Waals surface area contributed by atoms with Crippen molar-refractivity contribution in [3.8, 4) is 0 Å². The zero-order chi connectivity index (χ0) is 15.5. The molecular formula is C14H15NO4S2. The van der Waals surface area contributed by atoms with Gasteiger partial charge in [0.15, 0.2) is 0 Å². The minimum absolute atomic E-state index is 0.00524. The van der Waals surface area contributed by atoms with Crippen molar-refractivity contribution in [2.45, 2.75) is 17.7 Å². The van der Waals surface area contributed by atoms with Crippen LogP contribution in [0.1, 0.15) is 22.8 Å². The molecule has 0 unspecified atom stereocenters. The van der Waals surface area contributed by atoms with E-state index in [1.165, 1.54) is 15.8 Å². The maximum absolute atomic E-state index is 12.5. The van der Waals surface area contributed by atoms with Crippen molar-refractivity contribution < 1.29 is 18.3 Å². The SMILES string of the molecule is CCN(Cc1ccccc1)S(=O)(=O)c1cc(C(=O)O)cs1. The van der Waals surface area contributed by atoms with E-state index in [2.05, 4.69) is 0 Å². The minimum atomic E-state index is -3.67. The van der Waals surface area contributed by atoms with Gasteiger partial charge in [-0.05, 0) is 11.6 Å². The van der Waals surface area contributed by atoms with E-state index in [9.17, 15) is 13.2 Å². The molecule has 0 saturated heterocycles. The van der Waals surface area contributed by atoms with E-state index in [1.54, 1.807) is 6.92 Å². The molecule has 2 aromatic rings. The average Bonchev–Trinajstić information content (AvgIpc) is 2.96. The Kier molecular flexibility index (Phi) is 4.76. The number of carboxylic acid groups (broad SMARTS) is 1. The zero-order valence-electron chi connectivity index (χ0n) is 11.4. The van der Waals surface area contributed by atoms with Gasteiger partial charge in [-0.3, -0.25) is 0 Å². The van der Waals surface area contributed by atoms with Gasteiger partial charge in [-0.1, -0.05) is 37.3 Å². The first-order valence-corrected chi connectivity index (χ1v) is 8.63. The number of aromatic carboxylic acids is 1. The van der Waals surface area contributed by atoms with E-state index in [0.717, 1.165) is 16.9 Å². The third-order valence-electron chi connectivity index (χ3n) is 2.97. The van der Waals surface area contributed by atoms with E-state index in [1.807, 2.05) is 30.3 Å². The van der Waals surface area contributed by atoms with E-state index in [0.29, 0.717) is 6.54 Å². The van der Waals surface area contributed by atoms with E-state index in [-0.39, 0.29) is 16.3 Å². The number of rotatable bonds is 6. The minimum Gasteiger partial charge on any atom is -0.478 e. The molecule has 0 spiro atoms. The van der Waals surface area contributed by atoms with Crippen LogP contribution in [0.15, 0.2) is 46.0 Å². The maximum atomic E-state index is 12.5. The van der Waals surface area contributed by atoms with Crippen LogP contribution in [-0.2, 0) is 16.6 Å². The van der Waals surface area contributed by atoms with Crippen LogP contribution in [0, 0.1) is 0 Å². The number of hydrogen-bond acceptors (Lipinski definition) is 4. The summed E-state index contributed by atoms with van der Waals surface area (Å²) in [4.78, 5) is 10.9. The molecule has 2 rings (SSSR count). The molecule has 5 nitrogen and oxygen atoms in total. The van der Waals surface area contributed by atoms with Gasteiger partial charge in [-0.15, -0.1) is 11.3 Å². The molecule has 0 aliphatic rings. The quantitative estimate of drug-likeness (QED) is 0.886. The number of carboxylic acids is 1. The summed E-state index contributed by atoms with van der Waals surface area (Å²) in [6.45, 7) is 2.34. The molecule has 0 aliphatic heterocycles. The van der Waals surface area contributed by atoms with Gasteiger partial charge in [-0.2, -0.15) is 4.31 Å². The standard InChI is InChI=1S/C14H15NO4S2/c1-2-15(9-11-6-4-3-5-7-11)21(18,19)13-8-12(10-20-13)14(16)17/h3-8,10H,2,9H2,1H3,(H,16,17). The van der Waals surface area contributed by atoms with Gasteiger partial charge in [-0.25, -0.2) is 13.2 Å². The first-order chi connectivity index (χ1) is 9.95. The van der Waals surface area contributed by atoms with Crippen LogP contribution in [0.25, 0.3) is 0 Å². The Labute approximate surface area is 127 Å². The highest BCUT2D eigenvalue weighted by Gasteiger charge is 2.25. The molecule has 1 N–H and O–H groups in total. The molecule has 0 amide bonds. The van der Waals surface area contributed by atoms with Crippen LogP contribution < -0.4 is 0 Å². The second kappa shape index (κ2) is 6.38. The van der Waals surface area contributed by atoms with Crippen LogP contribution in [0.5, 0.6) is 0 Å². The van der Waals surface area contributed by atoms with Crippen molar-refractivity contribution in [1.82, 2.24) is 4.31 Å². The Hall–Kier alpha value is -1.70. The lowest BCUT2D eigenvalue weighted by atomic mass is 10.2. The Morgan fingerprint density at radius 3 is 2.48 bits per heavy atom. The Balaban J connectivity index is 2.28. The van der Waals surface area contributed by atoms with Crippen LogP contribution in [-0.4, -0.2) is 30.3 Å². The third kappa shape index (κ3) is 3.49. The lowest BCUT2D eigenvalue weighted by Gasteiger charge is -2.19. The number of sulfonamides is 1. The Morgan fingerprint density at radius 2 is 1.95 bits per heavy atom. The van der Waals surface area contributed by atoms with E-state index < -0.39 is 16.0 Å². The van der Waals surface area contributed by atoms with Gasteiger partial charge < -0.3 is 5.11 Å². The normalized spacial score (nSPS) is 11.7. The van der Waals surface area contributed by atoms with Crippen molar-refractivity contribution in [1.29, 1.82) is 0 Å². The van der Waals surface area contributed by atoms with Crippen LogP contribution >= 0.6 is 11.3 Å². The lowest BCUT2D eigenvalue weighted by molar-refractivity contribution is 0.0697. The van der Waals surface area contributed by atoms with Crippen LogP contribution in [0.4, 0.5) is 0 Å². The van der Waals surface area contributed by atoms with Gasteiger partial charge >= 0.3 is 5.97 Å². The molecule has 1 aromatic carbocycles. The second-order valence-electron chi connectivity index (χ2n) is 4.38. The number of thiophene rings is 1. The molecule has 1 heterocycles. The molecule has 0 saturated carbocycles. The zero-order valence-corrected chi connectivity index (χ0v) is 13.0. The molecule has 7 heteroatoms. The summed E-state index contributed by atoms with van der Waals surface area (Å²) in [7, 11) is -3.67. The van der Waals surface area contributed by atoms with Crippen molar-refractivity contribution in [3.63, 3.8) is 0 Å². The molecule has 0 atom stereocenters. The summed E-state index contributed by atoms with van der Waals surface area (Å²) in [5.74, 6) is -1.13. The van der Waals surface area contributed by atoms with E-state index >= 15 is 0 Å². The van der Waals surface area contributed by atoms with Crippen LogP contribution in [0.2, 0.25) is 0 Å². The van der Waals surface area contributed by atoms with Gasteiger partial charge in [0.05, 0.1) is 5.56 Å². The molecule has 0 fully saturated rings. The third-order valence-corrected chi connectivity index (χ3v) is 6.31. The van der Waals surface area contributed by atoms with Gasteiger partial charge in [0.2, 0.25) is 0 Å². The first kappa shape index (κ1) is 15.7. The maximum Gasteiger partial charge on any atom is 0.336 e. The Morgan fingerprint density at radius 1 is 1.29 bits per heavy atom. The molecule has 0 radical (unpaired) electrons. The summed E-state index contributed by atoms with van der Waals surface area (Å²) in [5.41, 5.74) is 0.882. The highest BCUT2D eigenvalue weighted by atomic mass is 32.2. The largest absolute Gasteiger partial charge is 0.478 e. The smallest absolute Gasteiger partial charge is 0.336 e. The summed E-state index contributed by atoms with van der Waals surface area (Å²) < 4.78 is 26.5. The second-order valence-corrected chi connectivity index (χ2v) is 7.45. The molecule has 0 bridgehead atoms. The van der Waals surface area contributed by atoms with Gasteiger partial charge in [0.1, 0.15) is 4.21 Å². The fraction of sp³-hybridized carbons (Fsp3) is 0.214. The molecule has 21 heavy (non-hydrogen) atoms. The molecule has 1 aromatic heterocycles. The summed E-state index contributed by atoms with van der Waals surface area (Å²) in [6.07, 6.45) is 0. The van der Waals surface area contributed by atoms with Gasteiger partial charge in [0, 0.05) is 18.5 Å². The Bertz CT molecular complexity index is 722. The molecule has 0 aliphatic carbocycles. The predicted molar refractivity (Wildman–Crippen MR) is 81.0 cm³/mol. The van der Waals surface area contributed by atoms with Crippen molar-refractivity contribution in [2.75, 3.05) is 6.54 Å². The number of benzene rings is 1. The first-order valence-electron chi connectivity index (χ1n) is 6.31. The van der Waals surface area contributed by atoms with Gasteiger partial charge in [0.25, 0.3) is 10.0 Å². The van der Waals surface area contributed by atoms with E-state index in [4.69, 9.17) is 5.11 Å². The topological polar surface area (TPSA) is 74.7 Å². The highest BCUT2D eigenvalue weighted by Crippen LogP contribution is 2.25. The summed E-state index contributed by atoms with van der Waals surface area (Å²) in [6, 6.07) is 10.5. The summed E-state index contributed by atoms with van der Waals surface area (Å²) >= 11 is 0.929. The van der Waals surface area contributed by atoms with Crippen molar-refractivity contribution >= 4 is 27.3 Å². The van der Waals surface area contributed by atoms with Crippen molar-refractivity contribution in [3.05, 3.63) is 52.9 Å². The summed E-state index contributed by atoms with van der Waals surface area (Å²) in [5, 5.41) is 10.2. The number of carbonyl (C=O) groups is 1. The van der Waals surface area contributed by atoms with Crippen molar-refractivity contribution in [2.24, 2.45) is 0 Å². The average molecular weight is 325 g/mol. The lowest BCUT2D eigenvalue weighted by Crippen LogP contribution is -2.29. The predicted octanol–water partition coefficient (Wildman–Crippen LogP) is 2.66. The number of hydrogen-bond donors (Lipinski definition) is 1.